The fourth-order valence-corrected chi connectivity index (χ4v) is 3.71. The van der Waals surface area contributed by atoms with Crippen LogP contribution in [0.2, 0.25) is 0 Å². The minimum Gasteiger partial charge on any atom is -0.356 e. The molecule has 0 aromatic heterocycles. The SMILES string of the molecule is CS[C@H]1CCCC[C@@H]1NC(=O)CCCNC(=O)C1CC1. The van der Waals surface area contributed by atoms with Crippen LogP contribution in [0.1, 0.15) is 51.4 Å². The number of hydrogen-bond acceptors (Lipinski definition) is 3. The van der Waals surface area contributed by atoms with Gasteiger partial charge in [0.15, 0.2) is 0 Å². The normalized spacial score (nSPS) is 26.1. The lowest BCUT2D eigenvalue weighted by Gasteiger charge is -2.30. The Labute approximate surface area is 125 Å². The van der Waals surface area contributed by atoms with Gasteiger partial charge in [-0.05, 0) is 38.4 Å². The maximum Gasteiger partial charge on any atom is 0.223 e. The Hall–Kier alpha value is -0.710. The third-order valence-electron chi connectivity index (χ3n) is 4.18. The summed E-state index contributed by atoms with van der Waals surface area (Å²) in [7, 11) is 0. The molecule has 2 saturated carbocycles. The van der Waals surface area contributed by atoms with Gasteiger partial charge in [-0.1, -0.05) is 12.8 Å². The van der Waals surface area contributed by atoms with E-state index in [2.05, 4.69) is 16.9 Å². The van der Waals surface area contributed by atoms with Crippen molar-refractivity contribution in [2.75, 3.05) is 12.8 Å². The molecule has 114 valence electrons. The van der Waals surface area contributed by atoms with Crippen molar-refractivity contribution in [1.29, 1.82) is 0 Å². The van der Waals surface area contributed by atoms with Gasteiger partial charge in [-0.15, -0.1) is 0 Å². The van der Waals surface area contributed by atoms with Crippen LogP contribution in [0.3, 0.4) is 0 Å². The number of thioether (sulfide) groups is 1. The van der Waals surface area contributed by atoms with Gasteiger partial charge in [-0.3, -0.25) is 9.59 Å². The van der Waals surface area contributed by atoms with Gasteiger partial charge in [0.1, 0.15) is 0 Å². The van der Waals surface area contributed by atoms with E-state index < -0.39 is 0 Å². The molecule has 0 spiro atoms. The zero-order valence-corrected chi connectivity index (χ0v) is 13.1. The molecule has 0 aromatic rings. The van der Waals surface area contributed by atoms with Crippen molar-refractivity contribution < 1.29 is 9.59 Å². The topological polar surface area (TPSA) is 58.2 Å². The Morgan fingerprint density at radius 2 is 1.90 bits per heavy atom. The van der Waals surface area contributed by atoms with Crippen molar-refractivity contribution in [2.24, 2.45) is 5.92 Å². The molecule has 0 unspecified atom stereocenters. The zero-order chi connectivity index (χ0) is 14.4. The third-order valence-corrected chi connectivity index (χ3v) is 5.35. The Balaban J connectivity index is 1.58. The van der Waals surface area contributed by atoms with Crippen molar-refractivity contribution in [3.8, 4) is 0 Å². The second-order valence-electron chi connectivity index (χ2n) is 5.90. The van der Waals surface area contributed by atoms with E-state index in [1.807, 2.05) is 11.8 Å². The first-order chi connectivity index (χ1) is 9.70. The lowest BCUT2D eigenvalue weighted by molar-refractivity contribution is -0.124. The van der Waals surface area contributed by atoms with Crippen LogP contribution >= 0.6 is 11.8 Å². The fourth-order valence-electron chi connectivity index (χ4n) is 2.77. The van der Waals surface area contributed by atoms with Crippen molar-refractivity contribution in [3.63, 3.8) is 0 Å². The van der Waals surface area contributed by atoms with Crippen LogP contribution < -0.4 is 10.6 Å². The van der Waals surface area contributed by atoms with Crippen molar-refractivity contribution in [1.82, 2.24) is 10.6 Å². The summed E-state index contributed by atoms with van der Waals surface area (Å²) in [6.45, 7) is 0.624. The number of rotatable bonds is 7. The van der Waals surface area contributed by atoms with E-state index in [4.69, 9.17) is 0 Å². The molecule has 2 aliphatic carbocycles. The molecule has 2 atom stereocenters. The molecular formula is C15H26N2O2S. The summed E-state index contributed by atoms with van der Waals surface area (Å²) in [5.74, 6) is 0.560. The Kier molecular flexibility index (Phi) is 6.20. The van der Waals surface area contributed by atoms with Crippen molar-refractivity contribution in [3.05, 3.63) is 0 Å². The van der Waals surface area contributed by atoms with Gasteiger partial charge in [0, 0.05) is 30.2 Å². The molecule has 20 heavy (non-hydrogen) atoms. The number of nitrogens with one attached hydrogen (secondary N) is 2. The van der Waals surface area contributed by atoms with E-state index in [-0.39, 0.29) is 17.7 Å². The predicted octanol–water partition coefficient (Wildman–Crippen LogP) is 2.08. The van der Waals surface area contributed by atoms with E-state index in [1.54, 1.807) is 0 Å². The first-order valence-corrected chi connectivity index (χ1v) is 9.09. The van der Waals surface area contributed by atoms with Crippen LogP contribution in [0.15, 0.2) is 0 Å². The Bertz CT molecular complexity index is 345. The highest BCUT2D eigenvalue weighted by molar-refractivity contribution is 7.99. The summed E-state index contributed by atoms with van der Waals surface area (Å²) in [5.41, 5.74) is 0. The highest BCUT2D eigenvalue weighted by atomic mass is 32.2. The summed E-state index contributed by atoms with van der Waals surface area (Å²) in [6.07, 6.45) is 10.3. The summed E-state index contributed by atoms with van der Waals surface area (Å²) >= 11 is 1.87. The quantitative estimate of drug-likeness (QED) is 0.708. The second-order valence-corrected chi connectivity index (χ2v) is 6.98. The molecule has 2 rings (SSSR count). The number of carbonyl (C=O) groups is 2. The largest absolute Gasteiger partial charge is 0.356 e. The second kappa shape index (κ2) is 7.91. The number of amides is 2. The Morgan fingerprint density at radius 3 is 2.60 bits per heavy atom. The highest BCUT2D eigenvalue weighted by Gasteiger charge is 2.29. The molecule has 2 N–H and O–H groups in total. The summed E-state index contributed by atoms with van der Waals surface area (Å²) in [6, 6.07) is 0.340. The molecule has 4 nitrogen and oxygen atoms in total. The highest BCUT2D eigenvalue weighted by Crippen LogP contribution is 2.28. The Morgan fingerprint density at radius 1 is 1.15 bits per heavy atom. The van der Waals surface area contributed by atoms with E-state index in [0.717, 1.165) is 25.7 Å². The molecule has 0 saturated heterocycles. The lowest BCUT2D eigenvalue weighted by Crippen LogP contribution is -2.43. The van der Waals surface area contributed by atoms with E-state index in [1.165, 1.54) is 19.3 Å². The van der Waals surface area contributed by atoms with E-state index in [0.29, 0.717) is 24.3 Å². The summed E-state index contributed by atoms with van der Waals surface area (Å²) < 4.78 is 0. The number of hydrogen-bond donors (Lipinski definition) is 2. The van der Waals surface area contributed by atoms with E-state index in [9.17, 15) is 9.59 Å². The monoisotopic (exact) mass is 298 g/mol. The molecular weight excluding hydrogens is 272 g/mol. The van der Waals surface area contributed by atoms with Gasteiger partial charge in [0.2, 0.25) is 11.8 Å². The molecule has 0 radical (unpaired) electrons. The smallest absolute Gasteiger partial charge is 0.223 e. The van der Waals surface area contributed by atoms with E-state index >= 15 is 0 Å². The maximum atomic E-state index is 11.9. The van der Waals surface area contributed by atoms with Crippen LogP contribution in [0.25, 0.3) is 0 Å². The average Bonchev–Trinajstić information content (AvgIpc) is 3.28. The zero-order valence-electron chi connectivity index (χ0n) is 12.3. The molecule has 0 aromatic carbocycles. The van der Waals surface area contributed by atoms with Crippen LogP contribution in [-0.2, 0) is 9.59 Å². The van der Waals surface area contributed by atoms with Gasteiger partial charge in [-0.2, -0.15) is 11.8 Å². The predicted molar refractivity (Wildman–Crippen MR) is 82.7 cm³/mol. The third kappa shape index (κ3) is 5.00. The van der Waals surface area contributed by atoms with Crippen molar-refractivity contribution >= 4 is 23.6 Å². The van der Waals surface area contributed by atoms with Gasteiger partial charge in [-0.25, -0.2) is 0 Å². The van der Waals surface area contributed by atoms with Gasteiger partial charge < -0.3 is 10.6 Å². The number of carbonyl (C=O) groups excluding carboxylic acids is 2. The molecule has 0 heterocycles. The summed E-state index contributed by atoms with van der Waals surface area (Å²) in [5, 5.41) is 6.64. The standard InChI is InChI=1S/C15H26N2O2S/c1-20-13-6-3-2-5-12(13)17-14(18)7-4-10-16-15(19)11-8-9-11/h11-13H,2-10H2,1H3,(H,16,19)(H,17,18)/t12-,13-/m0/s1. The minimum atomic E-state index is 0.136. The molecule has 2 fully saturated rings. The van der Waals surface area contributed by atoms with Crippen LogP contribution in [0.4, 0.5) is 0 Å². The molecule has 2 aliphatic rings. The van der Waals surface area contributed by atoms with Gasteiger partial charge in [0.25, 0.3) is 0 Å². The summed E-state index contributed by atoms with van der Waals surface area (Å²) in [4.78, 5) is 23.4. The van der Waals surface area contributed by atoms with Gasteiger partial charge in [0.05, 0.1) is 0 Å². The van der Waals surface area contributed by atoms with Crippen LogP contribution in [0.5, 0.6) is 0 Å². The lowest BCUT2D eigenvalue weighted by atomic mass is 9.94. The van der Waals surface area contributed by atoms with Crippen LogP contribution in [0, 0.1) is 5.92 Å². The molecule has 0 bridgehead atoms. The average molecular weight is 298 g/mol. The first kappa shape index (κ1) is 15.7. The maximum absolute atomic E-state index is 11.9. The van der Waals surface area contributed by atoms with Gasteiger partial charge >= 0.3 is 0 Å². The molecule has 5 heteroatoms. The fraction of sp³-hybridized carbons (Fsp3) is 0.867. The van der Waals surface area contributed by atoms with Crippen LogP contribution in [-0.4, -0.2) is 35.9 Å². The molecule has 0 aliphatic heterocycles. The first-order valence-electron chi connectivity index (χ1n) is 7.80. The minimum absolute atomic E-state index is 0.136. The van der Waals surface area contributed by atoms with Crippen molar-refractivity contribution in [2.45, 2.75) is 62.7 Å². The molecule has 2 amide bonds.